The summed E-state index contributed by atoms with van der Waals surface area (Å²) in [5, 5.41) is 9.59. The summed E-state index contributed by atoms with van der Waals surface area (Å²) in [6.07, 6.45) is 0. The van der Waals surface area contributed by atoms with Gasteiger partial charge < -0.3 is 9.72 Å². The Bertz CT molecular complexity index is 1500. The van der Waals surface area contributed by atoms with Crippen LogP contribution in [0.3, 0.4) is 0 Å². The molecule has 5 aromatic rings. The van der Waals surface area contributed by atoms with Gasteiger partial charge in [-0.05, 0) is 43.3 Å². The van der Waals surface area contributed by atoms with Crippen LogP contribution in [0.2, 0.25) is 0 Å². The zero-order chi connectivity index (χ0) is 23.5. The number of ether oxygens (including phenoxy) is 1. The topological polar surface area (TPSA) is 85.7 Å². The fourth-order valence-electron chi connectivity index (χ4n) is 3.52. The lowest BCUT2D eigenvalue weighted by atomic mass is 10.2. The summed E-state index contributed by atoms with van der Waals surface area (Å²) >= 11 is 1.41. The molecule has 0 aliphatic carbocycles. The van der Waals surface area contributed by atoms with E-state index >= 15 is 0 Å². The molecule has 0 amide bonds. The van der Waals surface area contributed by atoms with E-state index in [2.05, 4.69) is 20.2 Å². The summed E-state index contributed by atoms with van der Waals surface area (Å²) in [5.74, 6) is 0.762. The van der Waals surface area contributed by atoms with Gasteiger partial charge in [-0.25, -0.2) is 9.37 Å². The summed E-state index contributed by atoms with van der Waals surface area (Å²) in [6, 6.07) is 23.1. The van der Waals surface area contributed by atoms with Crippen LogP contribution in [0.4, 0.5) is 4.39 Å². The van der Waals surface area contributed by atoms with Crippen molar-refractivity contribution in [2.24, 2.45) is 0 Å². The number of fused-ring (bicyclic) bond motifs is 1. The van der Waals surface area contributed by atoms with E-state index in [1.807, 2.05) is 60.0 Å². The van der Waals surface area contributed by atoms with E-state index in [1.165, 1.54) is 17.8 Å². The Morgan fingerprint density at radius 3 is 2.56 bits per heavy atom. The Balaban J connectivity index is 1.47. The lowest BCUT2D eigenvalue weighted by Crippen LogP contribution is -2.13. The zero-order valence-corrected chi connectivity index (χ0v) is 19.0. The second kappa shape index (κ2) is 9.48. The SMILES string of the molecule is CC(Sc1nnc(COc2ccccc2F)n1-c1ccccc1)c1nc2ccccc2c(=O)[nH]1. The van der Waals surface area contributed by atoms with Crippen LogP contribution in [0.1, 0.15) is 23.8 Å². The normalized spacial score (nSPS) is 12.1. The van der Waals surface area contributed by atoms with Crippen LogP contribution in [0.15, 0.2) is 88.8 Å². The summed E-state index contributed by atoms with van der Waals surface area (Å²) in [5.41, 5.74) is 1.29. The number of nitrogens with one attached hydrogen (secondary N) is 1. The first-order valence-corrected chi connectivity index (χ1v) is 11.5. The molecule has 0 radical (unpaired) electrons. The predicted molar refractivity (Wildman–Crippen MR) is 129 cm³/mol. The Kier molecular flexibility index (Phi) is 6.09. The predicted octanol–water partition coefficient (Wildman–Crippen LogP) is 5.08. The number of hydrogen-bond acceptors (Lipinski definition) is 6. The average Bonchev–Trinajstić information content (AvgIpc) is 3.26. The van der Waals surface area contributed by atoms with Crippen molar-refractivity contribution in [1.82, 2.24) is 24.7 Å². The monoisotopic (exact) mass is 473 g/mol. The van der Waals surface area contributed by atoms with Gasteiger partial charge in [-0.3, -0.25) is 9.36 Å². The second-order valence-corrected chi connectivity index (χ2v) is 8.83. The molecule has 0 fully saturated rings. The summed E-state index contributed by atoms with van der Waals surface area (Å²) in [7, 11) is 0. The van der Waals surface area contributed by atoms with Crippen molar-refractivity contribution in [3.8, 4) is 11.4 Å². The van der Waals surface area contributed by atoms with Crippen molar-refractivity contribution in [2.45, 2.75) is 23.9 Å². The molecule has 0 spiro atoms. The van der Waals surface area contributed by atoms with Gasteiger partial charge in [-0.1, -0.05) is 54.2 Å². The number of H-pyrrole nitrogens is 1. The van der Waals surface area contributed by atoms with Crippen LogP contribution >= 0.6 is 11.8 Å². The van der Waals surface area contributed by atoms with Gasteiger partial charge in [-0.15, -0.1) is 10.2 Å². The molecular formula is C25H20FN5O2S. The number of para-hydroxylation sites is 3. The molecule has 2 heterocycles. The first kappa shape index (κ1) is 21.8. The van der Waals surface area contributed by atoms with Crippen molar-refractivity contribution >= 4 is 22.7 Å². The van der Waals surface area contributed by atoms with Crippen molar-refractivity contribution in [3.05, 3.63) is 107 Å². The van der Waals surface area contributed by atoms with Gasteiger partial charge in [-0.2, -0.15) is 0 Å². The summed E-state index contributed by atoms with van der Waals surface area (Å²) in [4.78, 5) is 20.0. The van der Waals surface area contributed by atoms with Gasteiger partial charge in [0.1, 0.15) is 12.4 Å². The standard InChI is InChI=1S/C25H20FN5O2S/c1-16(23-27-20-13-7-5-11-18(20)24(32)28-23)34-25-30-29-22(31(25)17-9-3-2-4-10-17)15-33-21-14-8-6-12-19(21)26/h2-14,16H,15H2,1H3,(H,27,28,32). The minimum atomic E-state index is -0.442. The first-order chi connectivity index (χ1) is 16.6. The molecule has 2 aromatic heterocycles. The van der Waals surface area contributed by atoms with Gasteiger partial charge in [0.25, 0.3) is 5.56 Å². The van der Waals surface area contributed by atoms with Gasteiger partial charge in [0.15, 0.2) is 22.5 Å². The highest BCUT2D eigenvalue weighted by atomic mass is 32.2. The lowest BCUT2D eigenvalue weighted by Gasteiger charge is -2.14. The Hall–Kier alpha value is -3.98. The maximum atomic E-state index is 14.0. The van der Waals surface area contributed by atoms with E-state index in [-0.39, 0.29) is 23.2 Å². The third-order valence-electron chi connectivity index (χ3n) is 5.21. The molecule has 1 unspecified atom stereocenters. The Labute approximate surface area is 198 Å². The molecule has 3 aromatic carbocycles. The van der Waals surface area contributed by atoms with Crippen molar-refractivity contribution < 1.29 is 9.13 Å². The third-order valence-corrected chi connectivity index (χ3v) is 6.26. The van der Waals surface area contributed by atoms with Crippen LogP contribution < -0.4 is 10.3 Å². The molecule has 7 nitrogen and oxygen atoms in total. The second-order valence-electron chi connectivity index (χ2n) is 7.52. The number of aromatic nitrogens is 5. The molecular weight excluding hydrogens is 453 g/mol. The van der Waals surface area contributed by atoms with Gasteiger partial charge in [0.2, 0.25) is 0 Å². The van der Waals surface area contributed by atoms with Gasteiger partial charge >= 0.3 is 0 Å². The highest BCUT2D eigenvalue weighted by Gasteiger charge is 2.20. The molecule has 0 aliphatic rings. The zero-order valence-electron chi connectivity index (χ0n) is 18.2. The fourth-order valence-corrected chi connectivity index (χ4v) is 4.47. The minimum absolute atomic E-state index is 0.0306. The van der Waals surface area contributed by atoms with Gasteiger partial charge in [0, 0.05) is 5.69 Å². The number of rotatable bonds is 7. The Morgan fingerprint density at radius 2 is 1.74 bits per heavy atom. The number of benzene rings is 3. The molecule has 0 bridgehead atoms. The Morgan fingerprint density at radius 1 is 1.00 bits per heavy atom. The lowest BCUT2D eigenvalue weighted by molar-refractivity contribution is 0.278. The van der Waals surface area contributed by atoms with E-state index in [0.29, 0.717) is 27.7 Å². The molecule has 170 valence electrons. The molecule has 0 saturated heterocycles. The number of halogens is 1. The minimum Gasteiger partial charge on any atom is -0.483 e. The maximum Gasteiger partial charge on any atom is 0.258 e. The molecule has 1 N–H and O–H groups in total. The summed E-state index contributed by atoms with van der Waals surface area (Å²) in [6.45, 7) is 1.97. The highest BCUT2D eigenvalue weighted by Crippen LogP contribution is 2.34. The van der Waals surface area contributed by atoms with Crippen LogP contribution in [0.5, 0.6) is 5.75 Å². The molecule has 0 aliphatic heterocycles. The molecule has 1 atom stereocenters. The van der Waals surface area contributed by atoms with E-state index in [4.69, 9.17) is 4.74 Å². The van der Waals surface area contributed by atoms with Crippen molar-refractivity contribution in [3.63, 3.8) is 0 Å². The third kappa shape index (κ3) is 4.42. The maximum absolute atomic E-state index is 14.0. The van der Waals surface area contributed by atoms with Crippen LogP contribution in [0, 0.1) is 5.82 Å². The van der Waals surface area contributed by atoms with E-state index in [1.54, 1.807) is 24.3 Å². The van der Waals surface area contributed by atoms with E-state index in [9.17, 15) is 9.18 Å². The van der Waals surface area contributed by atoms with Gasteiger partial charge in [0.05, 0.1) is 16.2 Å². The first-order valence-electron chi connectivity index (χ1n) is 10.6. The number of hydrogen-bond donors (Lipinski definition) is 1. The highest BCUT2D eigenvalue weighted by molar-refractivity contribution is 7.99. The fraction of sp³-hybridized carbons (Fsp3) is 0.120. The molecule has 0 saturated carbocycles. The largest absolute Gasteiger partial charge is 0.483 e. The smallest absolute Gasteiger partial charge is 0.258 e. The quantitative estimate of drug-likeness (QED) is 0.332. The number of nitrogens with zero attached hydrogens (tertiary/aromatic N) is 4. The van der Waals surface area contributed by atoms with E-state index in [0.717, 1.165) is 5.69 Å². The van der Waals surface area contributed by atoms with Crippen LogP contribution in [-0.4, -0.2) is 24.7 Å². The molecule has 5 rings (SSSR count). The van der Waals surface area contributed by atoms with E-state index < -0.39 is 5.82 Å². The van der Waals surface area contributed by atoms with Crippen molar-refractivity contribution in [2.75, 3.05) is 0 Å². The molecule has 34 heavy (non-hydrogen) atoms. The number of thioether (sulfide) groups is 1. The molecule has 9 heteroatoms. The van der Waals surface area contributed by atoms with Crippen molar-refractivity contribution in [1.29, 1.82) is 0 Å². The van der Waals surface area contributed by atoms with Crippen LogP contribution in [-0.2, 0) is 6.61 Å². The van der Waals surface area contributed by atoms with Crippen LogP contribution in [0.25, 0.3) is 16.6 Å². The number of aromatic amines is 1. The summed E-state index contributed by atoms with van der Waals surface area (Å²) < 4.78 is 21.6. The average molecular weight is 474 g/mol.